The molecule has 0 aliphatic heterocycles. The van der Waals surface area contributed by atoms with E-state index in [9.17, 15) is 14.9 Å². The maximum Gasteiger partial charge on any atom is 0.333 e. The van der Waals surface area contributed by atoms with Gasteiger partial charge < -0.3 is 21.1 Å². The van der Waals surface area contributed by atoms with Gasteiger partial charge in [0.25, 0.3) is 5.69 Å². The number of likely N-dealkylation sites (N-methyl/N-ethyl adjacent to an activating group) is 1. The molecule has 9 nitrogen and oxygen atoms in total. The maximum absolute atomic E-state index is 11.2. The Kier molecular flexibility index (Phi) is 9.36. The Morgan fingerprint density at radius 2 is 1.90 bits per heavy atom. The first-order chi connectivity index (χ1) is 14.2. The van der Waals surface area contributed by atoms with Gasteiger partial charge in [0, 0.05) is 41.3 Å². The summed E-state index contributed by atoms with van der Waals surface area (Å²) in [4.78, 5) is 23.0. The quantitative estimate of drug-likeness (QED) is 0.232. The first kappa shape index (κ1) is 24.0. The van der Waals surface area contributed by atoms with Gasteiger partial charge >= 0.3 is 5.97 Å². The number of nitriles is 1. The van der Waals surface area contributed by atoms with Crippen LogP contribution in [0.1, 0.15) is 19.4 Å². The van der Waals surface area contributed by atoms with Crippen LogP contribution < -0.4 is 16.4 Å². The molecule has 4 N–H and O–H groups in total. The fourth-order valence-electron chi connectivity index (χ4n) is 2.28. The van der Waals surface area contributed by atoms with Crippen molar-refractivity contribution >= 4 is 28.7 Å². The number of nitro benzene ring substituents is 1. The molecule has 2 aromatic carbocycles. The number of rotatable bonds is 7. The second kappa shape index (κ2) is 11.7. The standard InChI is InChI=1S/C14H20N2O2.C7H5N3O2/c1-4-16(9-10-18-14(17)11(2)3)13-7-5-12(15)6-8-13;8-4-5-3-6(10(11)12)1-2-7(5)9/h5-8H,2,4,9-10,15H2,1,3H3;1-3H,9H2. The van der Waals surface area contributed by atoms with Gasteiger partial charge in [-0.15, -0.1) is 0 Å². The molecular formula is C21H25N5O4. The molecule has 2 aromatic rings. The molecule has 0 spiro atoms. The normalized spacial score (nSPS) is 9.50. The summed E-state index contributed by atoms with van der Waals surface area (Å²) in [6.45, 7) is 9.08. The average Bonchev–Trinajstić information content (AvgIpc) is 2.72. The van der Waals surface area contributed by atoms with Crippen molar-refractivity contribution in [2.75, 3.05) is 36.1 Å². The fourth-order valence-corrected chi connectivity index (χ4v) is 2.28. The second-order valence-corrected chi connectivity index (χ2v) is 6.23. The summed E-state index contributed by atoms with van der Waals surface area (Å²) in [5.74, 6) is -0.344. The van der Waals surface area contributed by atoms with Crippen molar-refractivity contribution in [2.45, 2.75) is 13.8 Å². The van der Waals surface area contributed by atoms with E-state index in [1.165, 1.54) is 12.1 Å². The van der Waals surface area contributed by atoms with Crippen molar-refractivity contribution in [2.24, 2.45) is 0 Å². The third-order valence-electron chi connectivity index (χ3n) is 3.95. The molecule has 0 saturated carbocycles. The molecule has 0 radical (unpaired) electrons. The van der Waals surface area contributed by atoms with Crippen LogP contribution in [0.15, 0.2) is 54.6 Å². The van der Waals surface area contributed by atoms with Crippen LogP contribution in [-0.4, -0.2) is 30.6 Å². The van der Waals surface area contributed by atoms with E-state index in [2.05, 4.69) is 18.4 Å². The largest absolute Gasteiger partial charge is 0.460 e. The summed E-state index contributed by atoms with van der Waals surface area (Å²) in [7, 11) is 0. The second-order valence-electron chi connectivity index (χ2n) is 6.23. The number of carbonyl (C=O) groups excluding carboxylic acids is 1. The number of nitrogen functional groups attached to an aromatic ring is 2. The summed E-state index contributed by atoms with van der Waals surface area (Å²) < 4.78 is 5.08. The monoisotopic (exact) mass is 411 g/mol. The predicted molar refractivity (Wildman–Crippen MR) is 117 cm³/mol. The van der Waals surface area contributed by atoms with E-state index in [0.29, 0.717) is 18.7 Å². The van der Waals surface area contributed by atoms with Gasteiger partial charge in [0.2, 0.25) is 0 Å². The molecule has 0 aromatic heterocycles. The number of anilines is 3. The molecule has 9 heteroatoms. The summed E-state index contributed by atoms with van der Waals surface area (Å²) in [5, 5.41) is 18.7. The Balaban J connectivity index is 0.000000325. The molecule has 0 atom stereocenters. The lowest BCUT2D eigenvalue weighted by Gasteiger charge is -2.23. The summed E-state index contributed by atoms with van der Waals surface area (Å²) >= 11 is 0. The lowest BCUT2D eigenvalue weighted by atomic mass is 10.2. The van der Waals surface area contributed by atoms with E-state index in [0.717, 1.165) is 24.0 Å². The molecule has 0 heterocycles. The molecule has 0 amide bonds. The molecule has 0 fully saturated rings. The fraction of sp³-hybridized carbons (Fsp3) is 0.238. The Labute approximate surface area is 175 Å². The predicted octanol–water partition coefficient (Wildman–Crippen LogP) is 3.26. The highest BCUT2D eigenvalue weighted by Crippen LogP contribution is 2.18. The number of esters is 1. The minimum atomic E-state index is -0.569. The number of nitrogens with two attached hydrogens (primary N) is 2. The number of carbonyl (C=O) groups is 1. The van der Waals surface area contributed by atoms with Crippen LogP contribution in [0.5, 0.6) is 0 Å². The molecular weight excluding hydrogens is 386 g/mol. The molecule has 2 rings (SSSR count). The number of hydrogen-bond donors (Lipinski definition) is 2. The van der Waals surface area contributed by atoms with Crippen LogP contribution in [0, 0.1) is 21.4 Å². The van der Waals surface area contributed by atoms with E-state index < -0.39 is 4.92 Å². The molecule has 0 saturated heterocycles. The van der Waals surface area contributed by atoms with Gasteiger partial charge in [0.05, 0.1) is 17.0 Å². The first-order valence-electron chi connectivity index (χ1n) is 9.06. The van der Waals surface area contributed by atoms with Gasteiger partial charge in [-0.1, -0.05) is 6.58 Å². The Bertz CT molecular complexity index is 935. The highest BCUT2D eigenvalue weighted by atomic mass is 16.6. The minimum absolute atomic E-state index is 0.124. The number of non-ortho nitro benzene ring substituents is 1. The summed E-state index contributed by atoms with van der Waals surface area (Å²) in [5.41, 5.74) is 13.5. The van der Waals surface area contributed by atoms with Gasteiger partial charge in [0.15, 0.2) is 0 Å². The lowest BCUT2D eigenvalue weighted by Crippen LogP contribution is -2.28. The molecule has 0 bridgehead atoms. The van der Waals surface area contributed by atoms with Gasteiger partial charge in [-0.3, -0.25) is 10.1 Å². The van der Waals surface area contributed by atoms with E-state index in [1.54, 1.807) is 13.0 Å². The van der Waals surface area contributed by atoms with Crippen LogP contribution in [0.2, 0.25) is 0 Å². The van der Waals surface area contributed by atoms with Gasteiger partial charge in [-0.25, -0.2) is 4.79 Å². The van der Waals surface area contributed by atoms with Gasteiger partial charge in [-0.2, -0.15) is 5.26 Å². The van der Waals surface area contributed by atoms with Crippen molar-refractivity contribution in [1.29, 1.82) is 5.26 Å². The zero-order valence-electron chi connectivity index (χ0n) is 17.0. The maximum atomic E-state index is 11.2. The first-order valence-corrected chi connectivity index (χ1v) is 9.06. The van der Waals surface area contributed by atoms with Crippen LogP contribution in [0.25, 0.3) is 0 Å². The Morgan fingerprint density at radius 1 is 1.27 bits per heavy atom. The van der Waals surface area contributed by atoms with Crippen molar-refractivity contribution in [3.05, 3.63) is 70.3 Å². The zero-order valence-corrected chi connectivity index (χ0v) is 17.0. The van der Waals surface area contributed by atoms with Crippen molar-refractivity contribution in [3.8, 4) is 6.07 Å². The SMILES string of the molecule is C=C(C)C(=O)OCCN(CC)c1ccc(N)cc1.N#Cc1cc([N+](=O)[O-])ccc1N. The summed E-state index contributed by atoms with van der Waals surface area (Å²) in [6, 6.07) is 13.1. The number of nitro groups is 1. The zero-order chi connectivity index (χ0) is 22.7. The smallest absolute Gasteiger partial charge is 0.333 e. The molecule has 0 aliphatic carbocycles. The number of hydrogen-bond acceptors (Lipinski definition) is 8. The number of nitrogens with zero attached hydrogens (tertiary/aromatic N) is 3. The minimum Gasteiger partial charge on any atom is -0.460 e. The van der Waals surface area contributed by atoms with E-state index >= 15 is 0 Å². The van der Waals surface area contributed by atoms with E-state index in [-0.39, 0.29) is 22.9 Å². The van der Waals surface area contributed by atoms with Crippen LogP contribution in [-0.2, 0) is 9.53 Å². The third kappa shape index (κ3) is 7.52. The number of benzene rings is 2. The lowest BCUT2D eigenvalue weighted by molar-refractivity contribution is -0.384. The molecule has 0 aliphatic rings. The molecule has 0 unspecified atom stereocenters. The van der Waals surface area contributed by atoms with Gasteiger partial charge in [-0.05, 0) is 44.2 Å². The Hall–Kier alpha value is -4.06. The average molecular weight is 411 g/mol. The van der Waals surface area contributed by atoms with E-state index in [4.69, 9.17) is 21.5 Å². The highest BCUT2D eigenvalue weighted by Gasteiger charge is 2.08. The Morgan fingerprint density at radius 3 is 2.40 bits per heavy atom. The summed E-state index contributed by atoms with van der Waals surface area (Å²) in [6.07, 6.45) is 0. The molecule has 30 heavy (non-hydrogen) atoms. The number of ether oxygens (including phenoxy) is 1. The van der Waals surface area contributed by atoms with Crippen LogP contribution in [0.3, 0.4) is 0 Å². The highest BCUT2D eigenvalue weighted by molar-refractivity contribution is 5.86. The van der Waals surface area contributed by atoms with Crippen molar-refractivity contribution in [3.63, 3.8) is 0 Å². The topological polar surface area (TPSA) is 149 Å². The van der Waals surface area contributed by atoms with Crippen LogP contribution >= 0.6 is 0 Å². The molecule has 158 valence electrons. The van der Waals surface area contributed by atoms with Crippen molar-refractivity contribution in [1.82, 2.24) is 0 Å². The third-order valence-corrected chi connectivity index (χ3v) is 3.95. The van der Waals surface area contributed by atoms with Crippen LogP contribution in [0.4, 0.5) is 22.7 Å². The van der Waals surface area contributed by atoms with Gasteiger partial charge in [0.1, 0.15) is 12.7 Å². The van der Waals surface area contributed by atoms with E-state index in [1.807, 2.05) is 24.3 Å². The van der Waals surface area contributed by atoms with Crippen molar-refractivity contribution < 1.29 is 14.5 Å².